The molecule has 19 heavy (non-hydrogen) atoms. The minimum absolute atomic E-state index is 0.734. The summed E-state index contributed by atoms with van der Waals surface area (Å²) in [5, 5.41) is 3.55. The highest BCUT2D eigenvalue weighted by atomic mass is 15.2. The van der Waals surface area contributed by atoms with Crippen LogP contribution in [-0.2, 0) is 6.54 Å². The van der Waals surface area contributed by atoms with E-state index in [9.17, 15) is 0 Å². The summed E-state index contributed by atoms with van der Waals surface area (Å²) >= 11 is 0. The van der Waals surface area contributed by atoms with Gasteiger partial charge in [-0.1, -0.05) is 32.0 Å². The summed E-state index contributed by atoms with van der Waals surface area (Å²) in [6.07, 6.45) is 4.13. The van der Waals surface area contributed by atoms with E-state index in [4.69, 9.17) is 0 Å². The Morgan fingerprint density at radius 2 is 2.00 bits per heavy atom. The van der Waals surface area contributed by atoms with Gasteiger partial charge in [0.25, 0.3) is 0 Å². The first-order chi connectivity index (χ1) is 9.25. The van der Waals surface area contributed by atoms with E-state index in [1.165, 1.54) is 30.5 Å². The fourth-order valence-electron chi connectivity index (χ4n) is 3.94. The maximum atomic E-state index is 3.55. The maximum Gasteiger partial charge on any atom is 0.0414 e. The normalized spacial score (nSPS) is 31.7. The summed E-state index contributed by atoms with van der Waals surface area (Å²) < 4.78 is 0. The molecule has 2 nitrogen and oxygen atoms in total. The minimum atomic E-state index is 0.734. The molecule has 0 aromatic heterocycles. The van der Waals surface area contributed by atoms with E-state index in [0.717, 1.165) is 37.5 Å². The Balaban J connectivity index is 1.87. The summed E-state index contributed by atoms with van der Waals surface area (Å²) in [6, 6.07) is 9.67. The van der Waals surface area contributed by atoms with Gasteiger partial charge in [-0.05, 0) is 42.7 Å². The van der Waals surface area contributed by atoms with Crippen LogP contribution in [0, 0.1) is 11.8 Å². The molecule has 1 saturated carbocycles. The third-order valence-corrected chi connectivity index (χ3v) is 4.93. The van der Waals surface area contributed by atoms with Crippen molar-refractivity contribution in [3.05, 3.63) is 29.8 Å². The third-order valence-electron chi connectivity index (χ3n) is 4.93. The molecule has 0 saturated heterocycles. The predicted molar refractivity (Wildman–Crippen MR) is 81.5 cm³/mol. The Labute approximate surface area is 117 Å². The van der Waals surface area contributed by atoms with Crippen LogP contribution in [0.2, 0.25) is 0 Å². The smallest absolute Gasteiger partial charge is 0.0414 e. The lowest BCUT2D eigenvalue weighted by Crippen LogP contribution is -2.44. The van der Waals surface area contributed by atoms with Gasteiger partial charge >= 0.3 is 0 Å². The van der Waals surface area contributed by atoms with Gasteiger partial charge in [0, 0.05) is 31.4 Å². The van der Waals surface area contributed by atoms with Crippen molar-refractivity contribution in [2.45, 2.75) is 45.7 Å². The zero-order valence-electron chi connectivity index (χ0n) is 12.2. The van der Waals surface area contributed by atoms with Crippen LogP contribution in [0.15, 0.2) is 24.3 Å². The monoisotopic (exact) mass is 258 g/mol. The van der Waals surface area contributed by atoms with Crippen molar-refractivity contribution in [2.24, 2.45) is 11.8 Å². The van der Waals surface area contributed by atoms with Gasteiger partial charge in [0.15, 0.2) is 0 Å². The molecule has 1 aliphatic carbocycles. The van der Waals surface area contributed by atoms with Gasteiger partial charge in [-0.25, -0.2) is 0 Å². The average molecular weight is 258 g/mol. The highest BCUT2D eigenvalue weighted by Crippen LogP contribution is 2.35. The first-order valence-corrected chi connectivity index (χ1v) is 7.81. The van der Waals surface area contributed by atoms with E-state index in [2.05, 4.69) is 48.3 Å². The summed E-state index contributed by atoms with van der Waals surface area (Å²) in [6.45, 7) is 8.13. The van der Waals surface area contributed by atoms with Crippen molar-refractivity contribution in [1.82, 2.24) is 5.32 Å². The second-order valence-electron chi connectivity index (χ2n) is 6.46. The minimum Gasteiger partial charge on any atom is -0.367 e. The number of benzene rings is 1. The molecule has 2 heteroatoms. The van der Waals surface area contributed by atoms with E-state index in [0.29, 0.717) is 0 Å². The second-order valence-corrected chi connectivity index (χ2v) is 6.46. The fourth-order valence-corrected chi connectivity index (χ4v) is 3.94. The molecular formula is C17H26N2. The van der Waals surface area contributed by atoms with E-state index in [1.807, 2.05) is 0 Å². The number of fused-ring (bicyclic) bond motifs is 1. The molecular weight excluding hydrogens is 232 g/mol. The molecule has 0 bridgehead atoms. The predicted octanol–water partition coefficient (Wildman–Crippen LogP) is 3.42. The van der Waals surface area contributed by atoms with Gasteiger partial charge in [0.1, 0.15) is 0 Å². The first-order valence-electron chi connectivity index (χ1n) is 7.81. The van der Waals surface area contributed by atoms with Crippen molar-refractivity contribution in [3.63, 3.8) is 0 Å². The molecule has 0 spiro atoms. The molecule has 1 aromatic rings. The number of anilines is 1. The Bertz CT molecular complexity index is 429. The van der Waals surface area contributed by atoms with Crippen molar-refractivity contribution >= 4 is 5.69 Å². The Kier molecular flexibility index (Phi) is 3.79. The van der Waals surface area contributed by atoms with Crippen LogP contribution in [0.5, 0.6) is 0 Å². The number of para-hydroxylation sites is 1. The number of nitrogens with one attached hydrogen (secondary N) is 1. The second kappa shape index (κ2) is 5.54. The van der Waals surface area contributed by atoms with Crippen LogP contribution in [0.3, 0.4) is 0 Å². The molecule has 3 unspecified atom stereocenters. The molecule has 1 fully saturated rings. The van der Waals surface area contributed by atoms with Crippen LogP contribution in [0.4, 0.5) is 5.69 Å². The zero-order valence-corrected chi connectivity index (χ0v) is 12.2. The Morgan fingerprint density at radius 3 is 2.84 bits per heavy atom. The van der Waals surface area contributed by atoms with Crippen molar-refractivity contribution in [1.29, 1.82) is 0 Å². The number of nitrogens with zero attached hydrogens (tertiary/aromatic N) is 1. The summed E-state index contributed by atoms with van der Waals surface area (Å²) in [4.78, 5) is 2.69. The van der Waals surface area contributed by atoms with E-state index < -0.39 is 0 Å². The highest BCUT2D eigenvalue weighted by molar-refractivity contribution is 5.55. The molecule has 3 rings (SSSR count). The van der Waals surface area contributed by atoms with E-state index >= 15 is 0 Å². The first kappa shape index (κ1) is 13.0. The van der Waals surface area contributed by atoms with Crippen LogP contribution < -0.4 is 10.2 Å². The molecule has 1 N–H and O–H groups in total. The maximum absolute atomic E-state index is 3.55. The quantitative estimate of drug-likeness (QED) is 0.830. The average Bonchev–Trinajstić information content (AvgIpc) is 2.61. The Morgan fingerprint density at radius 1 is 1.16 bits per heavy atom. The molecule has 0 amide bonds. The lowest BCUT2D eigenvalue weighted by Gasteiger charge is -2.42. The molecule has 1 aliphatic heterocycles. The van der Waals surface area contributed by atoms with Gasteiger partial charge in [-0.15, -0.1) is 0 Å². The van der Waals surface area contributed by atoms with Crippen molar-refractivity contribution in [3.8, 4) is 0 Å². The van der Waals surface area contributed by atoms with Gasteiger partial charge in [0.05, 0.1) is 0 Å². The zero-order chi connectivity index (χ0) is 13.2. The molecule has 1 heterocycles. The molecule has 1 aromatic carbocycles. The molecule has 3 atom stereocenters. The number of hydrogen-bond donors (Lipinski definition) is 1. The number of rotatable bonds is 1. The highest BCUT2D eigenvalue weighted by Gasteiger charge is 2.31. The van der Waals surface area contributed by atoms with Crippen LogP contribution in [0.25, 0.3) is 0 Å². The van der Waals surface area contributed by atoms with Gasteiger partial charge in [-0.2, -0.15) is 0 Å². The van der Waals surface area contributed by atoms with E-state index in [1.54, 1.807) is 0 Å². The Hall–Kier alpha value is -1.02. The standard InChI is InChI=1S/C17H26N2/c1-13-7-8-16(14(2)11-13)19-10-9-18-12-15-5-3-4-6-17(15)19/h3-6,13-14,16,18H,7-12H2,1-2H3. The van der Waals surface area contributed by atoms with E-state index in [-0.39, 0.29) is 0 Å². The fraction of sp³-hybridized carbons (Fsp3) is 0.647. The van der Waals surface area contributed by atoms with Crippen LogP contribution in [0.1, 0.15) is 38.7 Å². The van der Waals surface area contributed by atoms with Gasteiger partial charge < -0.3 is 10.2 Å². The topological polar surface area (TPSA) is 15.3 Å². The summed E-state index contributed by atoms with van der Waals surface area (Å²) in [7, 11) is 0. The van der Waals surface area contributed by atoms with Crippen LogP contribution >= 0.6 is 0 Å². The lowest BCUT2D eigenvalue weighted by molar-refractivity contribution is 0.252. The van der Waals surface area contributed by atoms with Crippen molar-refractivity contribution < 1.29 is 0 Å². The summed E-state index contributed by atoms with van der Waals surface area (Å²) in [5.74, 6) is 1.72. The number of hydrogen-bond acceptors (Lipinski definition) is 2. The molecule has 104 valence electrons. The van der Waals surface area contributed by atoms with Gasteiger partial charge in [-0.3, -0.25) is 0 Å². The van der Waals surface area contributed by atoms with Gasteiger partial charge in [0.2, 0.25) is 0 Å². The largest absolute Gasteiger partial charge is 0.367 e. The molecule has 2 aliphatic rings. The lowest BCUT2D eigenvalue weighted by atomic mass is 9.79. The molecule has 0 radical (unpaired) electrons. The van der Waals surface area contributed by atoms with Crippen molar-refractivity contribution in [2.75, 3.05) is 18.0 Å². The summed E-state index contributed by atoms with van der Waals surface area (Å²) in [5.41, 5.74) is 2.93. The third kappa shape index (κ3) is 2.64. The van der Waals surface area contributed by atoms with Crippen LogP contribution in [-0.4, -0.2) is 19.1 Å². The SMILES string of the molecule is CC1CCC(N2CCNCc3ccccc32)C(C)C1.